The largest absolute Gasteiger partial charge is 0.466 e. The van der Waals surface area contributed by atoms with Crippen molar-refractivity contribution >= 4 is 17.8 Å². The van der Waals surface area contributed by atoms with Gasteiger partial charge in [-0.15, -0.1) is 6.58 Å². The fourth-order valence-corrected chi connectivity index (χ4v) is 6.56. The van der Waals surface area contributed by atoms with Gasteiger partial charge in [0.1, 0.15) is 11.6 Å². The van der Waals surface area contributed by atoms with Gasteiger partial charge in [0.05, 0.1) is 50.4 Å². The minimum Gasteiger partial charge on any atom is -0.466 e. The summed E-state index contributed by atoms with van der Waals surface area (Å²) in [5.74, 6) is -2.59. The molecule has 36 heavy (non-hydrogen) atoms. The number of amides is 2. The molecule has 4 aliphatic heterocycles. The summed E-state index contributed by atoms with van der Waals surface area (Å²) in [5.41, 5.74) is -1.10. The van der Waals surface area contributed by atoms with Gasteiger partial charge in [-0.3, -0.25) is 19.3 Å². The zero-order chi connectivity index (χ0) is 26.0. The third-order valence-electron chi connectivity index (χ3n) is 8.30. The van der Waals surface area contributed by atoms with Crippen LogP contribution in [0.2, 0.25) is 0 Å². The predicted molar refractivity (Wildman–Crippen MR) is 131 cm³/mol. The van der Waals surface area contributed by atoms with E-state index in [9.17, 15) is 19.5 Å². The molecular formula is C26H41N3O7. The highest BCUT2D eigenvalue weighted by atomic mass is 16.6. The van der Waals surface area contributed by atoms with E-state index in [0.29, 0.717) is 45.7 Å². The lowest BCUT2D eigenvalue weighted by Crippen LogP contribution is -2.60. The Morgan fingerprint density at radius 2 is 2.06 bits per heavy atom. The van der Waals surface area contributed by atoms with Crippen molar-refractivity contribution in [1.82, 2.24) is 14.7 Å². The van der Waals surface area contributed by atoms with Gasteiger partial charge in [-0.2, -0.15) is 0 Å². The Labute approximate surface area is 213 Å². The number of aliphatic hydroxyl groups is 1. The summed E-state index contributed by atoms with van der Waals surface area (Å²) in [7, 11) is 0. The van der Waals surface area contributed by atoms with Crippen molar-refractivity contribution in [2.75, 3.05) is 59.2 Å². The van der Waals surface area contributed by atoms with Crippen LogP contribution in [-0.2, 0) is 28.6 Å². The van der Waals surface area contributed by atoms with E-state index in [0.717, 1.165) is 13.1 Å². The molecule has 4 aliphatic rings. The number of ether oxygens (including phenoxy) is 3. The van der Waals surface area contributed by atoms with Gasteiger partial charge in [0.15, 0.2) is 0 Å². The van der Waals surface area contributed by atoms with E-state index < -0.39 is 41.6 Å². The molecule has 10 heteroatoms. The molecule has 10 nitrogen and oxygen atoms in total. The third kappa shape index (κ3) is 4.57. The molecule has 202 valence electrons. The van der Waals surface area contributed by atoms with Crippen LogP contribution in [0.15, 0.2) is 12.7 Å². The van der Waals surface area contributed by atoms with E-state index in [1.807, 2.05) is 13.8 Å². The van der Waals surface area contributed by atoms with Crippen molar-refractivity contribution in [1.29, 1.82) is 0 Å². The number of nitrogens with zero attached hydrogens (tertiary/aromatic N) is 3. The fraction of sp³-hybridized carbons (Fsp3) is 0.808. The van der Waals surface area contributed by atoms with Crippen molar-refractivity contribution in [3.8, 4) is 0 Å². The van der Waals surface area contributed by atoms with Crippen molar-refractivity contribution in [2.24, 2.45) is 17.8 Å². The molecule has 4 heterocycles. The van der Waals surface area contributed by atoms with Gasteiger partial charge in [-0.25, -0.2) is 0 Å². The number of rotatable bonds is 11. The number of aliphatic hydroxyl groups excluding tert-OH is 1. The first-order valence-corrected chi connectivity index (χ1v) is 13.3. The summed E-state index contributed by atoms with van der Waals surface area (Å²) in [6.07, 6.45) is 2.35. The summed E-state index contributed by atoms with van der Waals surface area (Å²) < 4.78 is 17.2. The predicted octanol–water partition coefficient (Wildman–Crippen LogP) is 0.288. The van der Waals surface area contributed by atoms with E-state index in [2.05, 4.69) is 11.5 Å². The first-order valence-electron chi connectivity index (χ1n) is 13.3. The van der Waals surface area contributed by atoms with Crippen molar-refractivity contribution < 1.29 is 33.7 Å². The van der Waals surface area contributed by atoms with Crippen LogP contribution in [-0.4, -0.2) is 121 Å². The number of fused-ring (bicyclic) bond motifs is 1. The molecule has 0 aromatic rings. The Morgan fingerprint density at radius 1 is 1.33 bits per heavy atom. The first-order chi connectivity index (χ1) is 17.3. The monoisotopic (exact) mass is 507 g/mol. The molecule has 0 aromatic heterocycles. The molecule has 1 N–H and O–H groups in total. The van der Waals surface area contributed by atoms with Gasteiger partial charge < -0.3 is 29.1 Å². The fourth-order valence-electron chi connectivity index (χ4n) is 6.56. The second-order valence-electron chi connectivity index (χ2n) is 10.6. The average Bonchev–Trinajstić information content (AvgIpc) is 3.50. The second-order valence-corrected chi connectivity index (χ2v) is 10.6. The molecule has 6 atom stereocenters. The maximum atomic E-state index is 14.3. The highest BCUT2D eigenvalue weighted by Crippen LogP contribution is 2.59. The van der Waals surface area contributed by atoms with Crippen LogP contribution in [0.1, 0.15) is 33.6 Å². The highest BCUT2D eigenvalue weighted by molar-refractivity contribution is 5.98. The summed E-state index contributed by atoms with van der Waals surface area (Å²) in [6.45, 7) is 13.8. The van der Waals surface area contributed by atoms with Crippen LogP contribution >= 0.6 is 0 Å². The zero-order valence-electron chi connectivity index (χ0n) is 21.8. The lowest BCUT2D eigenvalue weighted by atomic mass is 9.70. The maximum absolute atomic E-state index is 14.3. The topological polar surface area (TPSA) is 109 Å². The van der Waals surface area contributed by atoms with E-state index in [4.69, 9.17) is 14.2 Å². The SMILES string of the molecule is C=CCN(CCN1CCOCC1)C(=O)C1N([C@@H](CO)C(C)C)C(=O)[C@@H]2[C@H](C(=O)OCC)[C@@H]3CCC12O3. The number of carbonyl (C=O) groups excluding carboxylic acids is 3. The first kappa shape index (κ1) is 27.0. The van der Waals surface area contributed by atoms with E-state index >= 15 is 0 Å². The third-order valence-corrected chi connectivity index (χ3v) is 8.30. The average molecular weight is 508 g/mol. The number of esters is 1. The molecule has 4 fully saturated rings. The van der Waals surface area contributed by atoms with Crippen molar-refractivity contribution in [3.63, 3.8) is 0 Å². The Morgan fingerprint density at radius 3 is 2.67 bits per heavy atom. The lowest BCUT2D eigenvalue weighted by molar-refractivity contribution is -0.156. The van der Waals surface area contributed by atoms with E-state index in [1.165, 1.54) is 4.90 Å². The Kier molecular flexibility index (Phi) is 8.38. The van der Waals surface area contributed by atoms with Gasteiger partial charge in [0.2, 0.25) is 11.8 Å². The number of hydrogen-bond donors (Lipinski definition) is 1. The van der Waals surface area contributed by atoms with Crippen LogP contribution in [0.3, 0.4) is 0 Å². The zero-order valence-corrected chi connectivity index (χ0v) is 21.8. The van der Waals surface area contributed by atoms with Crippen LogP contribution in [0.25, 0.3) is 0 Å². The highest BCUT2D eigenvalue weighted by Gasteiger charge is 2.75. The van der Waals surface area contributed by atoms with Crippen LogP contribution < -0.4 is 0 Å². The van der Waals surface area contributed by atoms with Crippen molar-refractivity contribution in [2.45, 2.75) is 57.4 Å². The molecule has 2 amide bonds. The minimum atomic E-state index is -1.10. The molecular weight excluding hydrogens is 466 g/mol. The van der Waals surface area contributed by atoms with Gasteiger partial charge >= 0.3 is 5.97 Å². The quantitative estimate of drug-likeness (QED) is 0.314. The van der Waals surface area contributed by atoms with E-state index in [1.54, 1.807) is 17.9 Å². The maximum Gasteiger partial charge on any atom is 0.312 e. The van der Waals surface area contributed by atoms with Gasteiger partial charge in [0, 0.05) is 32.7 Å². The summed E-state index contributed by atoms with van der Waals surface area (Å²) in [6, 6.07) is -1.48. The smallest absolute Gasteiger partial charge is 0.312 e. The van der Waals surface area contributed by atoms with Crippen LogP contribution in [0.5, 0.6) is 0 Å². The summed E-state index contributed by atoms with van der Waals surface area (Å²) >= 11 is 0. The molecule has 0 aliphatic carbocycles. The van der Waals surface area contributed by atoms with Gasteiger partial charge in [-0.1, -0.05) is 19.9 Å². The molecule has 1 spiro atoms. The Bertz CT molecular complexity index is 845. The van der Waals surface area contributed by atoms with Crippen LogP contribution in [0.4, 0.5) is 0 Å². The molecule has 4 rings (SSSR count). The lowest BCUT2D eigenvalue weighted by Gasteiger charge is -2.40. The van der Waals surface area contributed by atoms with Gasteiger partial charge in [0.25, 0.3) is 0 Å². The number of carbonyl (C=O) groups is 3. The van der Waals surface area contributed by atoms with E-state index in [-0.39, 0.29) is 30.9 Å². The summed E-state index contributed by atoms with van der Waals surface area (Å²) in [4.78, 5) is 46.8. The number of likely N-dealkylation sites (tertiary alicyclic amines) is 1. The molecule has 0 aromatic carbocycles. The number of morpholine rings is 1. The number of hydrogen-bond acceptors (Lipinski definition) is 8. The summed E-state index contributed by atoms with van der Waals surface area (Å²) in [5, 5.41) is 10.3. The normalized spacial score (nSPS) is 32.6. The second kappa shape index (κ2) is 11.2. The van der Waals surface area contributed by atoms with Crippen molar-refractivity contribution in [3.05, 3.63) is 12.7 Å². The van der Waals surface area contributed by atoms with Crippen LogP contribution in [0, 0.1) is 17.8 Å². The Hall–Kier alpha value is -2.01. The standard InChI is InChI=1S/C26H41N3O7/c1-5-9-28(11-10-27-12-14-34-15-13-27)24(32)22-26-8-7-19(36-26)20(25(33)35-6-2)21(26)23(31)29(22)18(16-30)17(3)4/h5,17-22,30H,1,6-16H2,2-4H3/t18-,19-,20+,21-,22?,26?/m0/s1. The molecule has 0 saturated carbocycles. The minimum absolute atomic E-state index is 0.0936. The Balaban J connectivity index is 1.68. The molecule has 2 bridgehead atoms. The molecule has 0 radical (unpaired) electrons. The van der Waals surface area contributed by atoms with Gasteiger partial charge in [-0.05, 0) is 25.7 Å². The molecule has 4 saturated heterocycles. The molecule has 2 unspecified atom stereocenters.